The molecule has 1 aromatic heterocycles. The second-order valence-electron chi connectivity index (χ2n) is 5.90. The molecule has 0 N–H and O–H groups in total. The van der Waals surface area contributed by atoms with E-state index in [1.54, 1.807) is 12.3 Å². The van der Waals surface area contributed by atoms with Crippen molar-refractivity contribution in [1.82, 2.24) is 4.98 Å². The number of esters is 1. The maximum atomic E-state index is 12.7. The Balaban J connectivity index is 1.90. The first-order chi connectivity index (χ1) is 12.1. The number of carbonyl (C=O) groups is 1. The van der Waals surface area contributed by atoms with Crippen molar-refractivity contribution in [3.05, 3.63) is 95.8 Å². The van der Waals surface area contributed by atoms with Gasteiger partial charge < -0.3 is 9.64 Å². The van der Waals surface area contributed by atoms with Crippen LogP contribution in [0.1, 0.15) is 27.7 Å². The third kappa shape index (κ3) is 4.04. The van der Waals surface area contributed by atoms with E-state index in [0.717, 1.165) is 11.3 Å². The lowest BCUT2D eigenvalue weighted by Crippen LogP contribution is -2.15. The number of ether oxygens (including phenoxy) is 1. The van der Waals surface area contributed by atoms with Gasteiger partial charge in [0.05, 0.1) is 11.3 Å². The molecule has 0 amide bonds. The Labute approximate surface area is 147 Å². The molecular formula is C21H20N2O2. The minimum atomic E-state index is -0.544. The van der Waals surface area contributed by atoms with Gasteiger partial charge in [0, 0.05) is 26.0 Å². The fraction of sp³-hybridized carbons (Fsp3) is 0.143. The van der Waals surface area contributed by atoms with Crippen LogP contribution < -0.4 is 4.90 Å². The highest BCUT2D eigenvalue weighted by Gasteiger charge is 2.21. The minimum Gasteiger partial charge on any atom is -0.447 e. The molecule has 0 radical (unpaired) electrons. The van der Waals surface area contributed by atoms with Gasteiger partial charge in [0.2, 0.25) is 0 Å². The Morgan fingerprint density at radius 1 is 0.960 bits per heavy atom. The Morgan fingerprint density at radius 3 is 2.40 bits per heavy atom. The van der Waals surface area contributed by atoms with Crippen molar-refractivity contribution in [2.45, 2.75) is 6.10 Å². The van der Waals surface area contributed by atoms with Crippen molar-refractivity contribution < 1.29 is 9.53 Å². The number of nitrogens with zero attached hydrogens (tertiary/aromatic N) is 2. The van der Waals surface area contributed by atoms with Gasteiger partial charge in [-0.05, 0) is 35.9 Å². The standard InChI is InChI=1S/C21H20N2O2/c1-23(2)18-12-8-11-17(15-18)21(24)25-20(16-9-4-3-5-10-16)19-13-6-7-14-22-19/h3-15,20H,1-2H3/t20-/m0/s1. The third-order valence-corrected chi connectivity index (χ3v) is 3.88. The lowest BCUT2D eigenvalue weighted by molar-refractivity contribution is 0.0370. The molecule has 3 aromatic rings. The lowest BCUT2D eigenvalue weighted by Gasteiger charge is -2.19. The van der Waals surface area contributed by atoms with Crippen LogP contribution in [0.3, 0.4) is 0 Å². The zero-order valence-electron chi connectivity index (χ0n) is 14.3. The van der Waals surface area contributed by atoms with Crippen LogP contribution in [0, 0.1) is 0 Å². The summed E-state index contributed by atoms with van der Waals surface area (Å²) in [4.78, 5) is 19.0. The smallest absolute Gasteiger partial charge is 0.339 e. The van der Waals surface area contributed by atoms with Gasteiger partial charge in [0.1, 0.15) is 0 Å². The van der Waals surface area contributed by atoms with Gasteiger partial charge in [-0.25, -0.2) is 4.79 Å². The van der Waals surface area contributed by atoms with E-state index in [0.29, 0.717) is 11.3 Å². The summed E-state index contributed by atoms with van der Waals surface area (Å²) in [5.41, 5.74) is 3.05. The number of anilines is 1. The van der Waals surface area contributed by atoms with Crippen molar-refractivity contribution >= 4 is 11.7 Å². The molecule has 0 spiro atoms. The molecule has 4 heteroatoms. The molecule has 3 rings (SSSR count). The Kier molecular flexibility index (Phi) is 5.09. The molecule has 4 nitrogen and oxygen atoms in total. The van der Waals surface area contributed by atoms with E-state index in [1.807, 2.05) is 85.7 Å². The molecule has 1 heterocycles. The minimum absolute atomic E-state index is 0.372. The van der Waals surface area contributed by atoms with Crippen molar-refractivity contribution in [3.8, 4) is 0 Å². The second-order valence-corrected chi connectivity index (χ2v) is 5.90. The van der Waals surface area contributed by atoms with Crippen molar-refractivity contribution in [2.75, 3.05) is 19.0 Å². The molecule has 0 aliphatic carbocycles. The lowest BCUT2D eigenvalue weighted by atomic mass is 10.1. The molecule has 25 heavy (non-hydrogen) atoms. The van der Waals surface area contributed by atoms with Crippen LogP contribution in [-0.2, 0) is 4.74 Å². The first-order valence-corrected chi connectivity index (χ1v) is 8.09. The topological polar surface area (TPSA) is 42.4 Å². The van der Waals surface area contributed by atoms with Gasteiger partial charge in [-0.15, -0.1) is 0 Å². The van der Waals surface area contributed by atoms with Crippen LogP contribution in [0.25, 0.3) is 0 Å². The van der Waals surface area contributed by atoms with E-state index in [2.05, 4.69) is 4.98 Å². The summed E-state index contributed by atoms with van der Waals surface area (Å²) < 4.78 is 5.82. The Morgan fingerprint density at radius 2 is 1.72 bits per heavy atom. The number of carbonyl (C=O) groups excluding carboxylic acids is 1. The van der Waals surface area contributed by atoms with E-state index in [9.17, 15) is 4.79 Å². The number of hydrogen-bond donors (Lipinski definition) is 0. The Bertz CT molecular complexity index is 793. The molecular weight excluding hydrogens is 312 g/mol. The largest absolute Gasteiger partial charge is 0.447 e. The van der Waals surface area contributed by atoms with Crippen LogP contribution in [-0.4, -0.2) is 25.0 Å². The summed E-state index contributed by atoms with van der Waals surface area (Å²) in [6, 6.07) is 22.6. The van der Waals surface area contributed by atoms with Gasteiger partial charge in [-0.1, -0.05) is 42.5 Å². The summed E-state index contributed by atoms with van der Waals surface area (Å²) >= 11 is 0. The molecule has 0 aliphatic rings. The highest BCUT2D eigenvalue weighted by atomic mass is 16.5. The molecule has 0 bridgehead atoms. The summed E-state index contributed by atoms with van der Waals surface area (Å²) in [6.07, 6.45) is 1.16. The molecule has 0 aliphatic heterocycles. The van der Waals surface area contributed by atoms with Crippen LogP contribution in [0.4, 0.5) is 5.69 Å². The average Bonchev–Trinajstić information content (AvgIpc) is 2.67. The van der Waals surface area contributed by atoms with Crippen LogP contribution in [0.5, 0.6) is 0 Å². The highest BCUT2D eigenvalue weighted by molar-refractivity contribution is 5.90. The van der Waals surface area contributed by atoms with Gasteiger partial charge in [0.25, 0.3) is 0 Å². The maximum absolute atomic E-state index is 12.7. The van der Waals surface area contributed by atoms with E-state index < -0.39 is 6.10 Å². The summed E-state index contributed by atoms with van der Waals surface area (Å²) in [7, 11) is 3.87. The van der Waals surface area contributed by atoms with E-state index >= 15 is 0 Å². The normalized spacial score (nSPS) is 11.6. The number of benzene rings is 2. The molecule has 0 fully saturated rings. The van der Waals surface area contributed by atoms with Crippen molar-refractivity contribution in [2.24, 2.45) is 0 Å². The van der Waals surface area contributed by atoms with Crippen LogP contribution in [0.15, 0.2) is 79.0 Å². The van der Waals surface area contributed by atoms with Gasteiger partial charge in [-0.2, -0.15) is 0 Å². The van der Waals surface area contributed by atoms with E-state index in [-0.39, 0.29) is 5.97 Å². The Hall–Kier alpha value is -3.14. The second kappa shape index (κ2) is 7.62. The number of pyridine rings is 1. The van der Waals surface area contributed by atoms with Crippen molar-refractivity contribution in [1.29, 1.82) is 0 Å². The SMILES string of the molecule is CN(C)c1cccc(C(=O)O[C@@H](c2ccccc2)c2ccccn2)c1. The average molecular weight is 332 g/mol. The molecule has 1 atom stereocenters. The maximum Gasteiger partial charge on any atom is 0.339 e. The number of hydrogen-bond acceptors (Lipinski definition) is 4. The molecule has 0 saturated heterocycles. The van der Waals surface area contributed by atoms with Crippen LogP contribution in [0.2, 0.25) is 0 Å². The molecule has 0 unspecified atom stereocenters. The van der Waals surface area contributed by atoms with Gasteiger partial charge in [0.15, 0.2) is 6.10 Å². The van der Waals surface area contributed by atoms with Gasteiger partial charge >= 0.3 is 5.97 Å². The zero-order chi connectivity index (χ0) is 17.6. The first kappa shape index (κ1) is 16.7. The summed E-state index contributed by atoms with van der Waals surface area (Å²) in [5, 5.41) is 0. The monoisotopic (exact) mass is 332 g/mol. The predicted molar refractivity (Wildman–Crippen MR) is 98.7 cm³/mol. The number of rotatable bonds is 5. The number of aromatic nitrogens is 1. The fourth-order valence-corrected chi connectivity index (χ4v) is 2.54. The molecule has 0 saturated carbocycles. The molecule has 126 valence electrons. The molecule has 2 aromatic carbocycles. The zero-order valence-corrected chi connectivity index (χ0v) is 14.3. The van der Waals surface area contributed by atoms with E-state index in [1.165, 1.54) is 0 Å². The van der Waals surface area contributed by atoms with Gasteiger partial charge in [-0.3, -0.25) is 4.98 Å². The fourth-order valence-electron chi connectivity index (χ4n) is 2.54. The van der Waals surface area contributed by atoms with E-state index in [4.69, 9.17) is 4.74 Å². The highest BCUT2D eigenvalue weighted by Crippen LogP contribution is 2.26. The third-order valence-electron chi connectivity index (χ3n) is 3.88. The van der Waals surface area contributed by atoms with Crippen molar-refractivity contribution in [3.63, 3.8) is 0 Å². The summed E-state index contributed by atoms with van der Waals surface area (Å²) in [6.45, 7) is 0. The summed E-state index contributed by atoms with van der Waals surface area (Å²) in [5.74, 6) is -0.372. The first-order valence-electron chi connectivity index (χ1n) is 8.09. The predicted octanol–water partition coefficient (Wildman–Crippen LogP) is 4.09. The van der Waals surface area contributed by atoms with Crippen LogP contribution >= 0.6 is 0 Å². The quantitative estimate of drug-likeness (QED) is 0.660.